The van der Waals surface area contributed by atoms with E-state index >= 15 is 0 Å². The van der Waals surface area contributed by atoms with Crippen LogP contribution in [0.15, 0.2) is 30.5 Å². The van der Waals surface area contributed by atoms with Gasteiger partial charge in [-0.05, 0) is 24.5 Å². The molecule has 11 nitrogen and oxygen atoms in total. The van der Waals surface area contributed by atoms with Crippen molar-refractivity contribution < 1.29 is 19.5 Å². The number of nitrogens with two attached hydrogens (primary N) is 2. The van der Waals surface area contributed by atoms with Gasteiger partial charge in [0.1, 0.15) is 12.6 Å². The van der Waals surface area contributed by atoms with Crippen molar-refractivity contribution in [1.82, 2.24) is 20.9 Å². The number of aromatic amines is 1. The highest BCUT2D eigenvalue weighted by atomic mass is 16.4. The molecule has 0 fully saturated rings. The SMILES string of the molecule is N=C(N)NCCC[C@H](N)C(=O)N[C@@H](Cc1c[nH]c2ccccc12)C(=O)NCC(=O)O. The van der Waals surface area contributed by atoms with Gasteiger partial charge in [0.2, 0.25) is 11.8 Å². The number of carbonyl (C=O) groups excluding carboxylic acids is 2. The number of carboxylic acid groups (broad SMARTS) is 1. The van der Waals surface area contributed by atoms with Crippen molar-refractivity contribution in [3.63, 3.8) is 0 Å². The Kier molecular flexibility index (Phi) is 8.18. The van der Waals surface area contributed by atoms with Crippen molar-refractivity contribution in [3.05, 3.63) is 36.0 Å². The molecule has 0 aliphatic carbocycles. The highest BCUT2D eigenvalue weighted by Gasteiger charge is 2.25. The Morgan fingerprint density at radius 2 is 1.90 bits per heavy atom. The topological polar surface area (TPSA) is 199 Å². The third kappa shape index (κ3) is 6.78. The summed E-state index contributed by atoms with van der Waals surface area (Å²) in [5.74, 6) is -2.48. The van der Waals surface area contributed by atoms with Gasteiger partial charge >= 0.3 is 5.97 Å². The molecule has 2 aromatic rings. The first-order valence-electron chi connectivity index (χ1n) is 9.46. The van der Waals surface area contributed by atoms with Crippen molar-refractivity contribution in [1.29, 1.82) is 5.41 Å². The molecule has 0 saturated heterocycles. The number of nitrogens with one attached hydrogen (secondary N) is 5. The lowest BCUT2D eigenvalue weighted by molar-refractivity contribution is -0.138. The maximum atomic E-state index is 12.5. The van der Waals surface area contributed by atoms with Crippen LogP contribution in [0.25, 0.3) is 10.9 Å². The Hall–Kier alpha value is -3.60. The van der Waals surface area contributed by atoms with Crippen molar-refractivity contribution >= 4 is 34.6 Å². The number of fused-ring (bicyclic) bond motifs is 1. The van der Waals surface area contributed by atoms with E-state index in [4.69, 9.17) is 22.0 Å². The van der Waals surface area contributed by atoms with Crippen LogP contribution in [0.2, 0.25) is 0 Å². The average Bonchev–Trinajstić information content (AvgIpc) is 3.11. The van der Waals surface area contributed by atoms with Crippen LogP contribution in [0.1, 0.15) is 18.4 Å². The number of hydrogen-bond acceptors (Lipinski definition) is 5. The van der Waals surface area contributed by atoms with Gasteiger partial charge in [-0.3, -0.25) is 19.8 Å². The van der Waals surface area contributed by atoms with Gasteiger partial charge in [0, 0.05) is 30.1 Å². The minimum absolute atomic E-state index is 0.165. The number of guanidine groups is 1. The molecule has 1 aromatic heterocycles. The van der Waals surface area contributed by atoms with E-state index in [9.17, 15) is 14.4 Å². The van der Waals surface area contributed by atoms with Crippen LogP contribution < -0.4 is 27.4 Å². The van der Waals surface area contributed by atoms with Crippen molar-refractivity contribution in [2.24, 2.45) is 11.5 Å². The Morgan fingerprint density at radius 3 is 2.60 bits per heavy atom. The monoisotopic (exact) mass is 417 g/mol. The van der Waals surface area contributed by atoms with Gasteiger partial charge in [-0.2, -0.15) is 0 Å². The van der Waals surface area contributed by atoms with Crippen LogP contribution in [-0.2, 0) is 20.8 Å². The number of para-hydroxylation sites is 1. The number of benzene rings is 1. The van der Waals surface area contributed by atoms with Crippen LogP contribution in [0.5, 0.6) is 0 Å². The zero-order valence-corrected chi connectivity index (χ0v) is 16.4. The Balaban J connectivity index is 2.05. The zero-order chi connectivity index (χ0) is 22.1. The summed E-state index contributed by atoms with van der Waals surface area (Å²) in [6, 6.07) is 5.67. The number of carbonyl (C=O) groups is 3. The van der Waals surface area contributed by atoms with Gasteiger partial charge in [0.25, 0.3) is 0 Å². The standard InChI is InChI=1S/C19H27N7O4/c20-13(5-3-7-23-19(21)22)17(29)26-15(18(30)25-10-16(27)28)8-11-9-24-14-6-2-1-4-12(11)14/h1-2,4,6,9,13,15,24H,3,5,7-8,10,20H2,(H,25,30)(H,26,29)(H,27,28)(H4,21,22,23)/t13-,15-/m0/s1. The Bertz CT molecular complexity index is 911. The lowest BCUT2D eigenvalue weighted by atomic mass is 10.0. The molecule has 0 bridgehead atoms. The normalized spacial score (nSPS) is 12.7. The maximum absolute atomic E-state index is 12.5. The Morgan fingerprint density at radius 1 is 1.17 bits per heavy atom. The van der Waals surface area contributed by atoms with Crippen LogP contribution in [0.4, 0.5) is 0 Å². The molecule has 2 amide bonds. The summed E-state index contributed by atoms with van der Waals surface area (Å²) in [6.45, 7) is -0.157. The molecule has 1 heterocycles. The molecule has 0 aliphatic rings. The van der Waals surface area contributed by atoms with Gasteiger partial charge in [-0.1, -0.05) is 18.2 Å². The summed E-state index contributed by atoms with van der Waals surface area (Å²) in [5, 5.41) is 24.4. The average molecular weight is 417 g/mol. The molecule has 11 heteroatoms. The summed E-state index contributed by atoms with van der Waals surface area (Å²) in [6.07, 6.45) is 2.75. The predicted molar refractivity (Wildman–Crippen MR) is 112 cm³/mol. The van der Waals surface area contributed by atoms with Crippen LogP contribution >= 0.6 is 0 Å². The van der Waals surface area contributed by atoms with Gasteiger partial charge in [-0.25, -0.2) is 0 Å². The van der Waals surface area contributed by atoms with E-state index in [0.29, 0.717) is 19.4 Å². The number of H-pyrrole nitrogens is 1. The molecule has 162 valence electrons. The Labute approximate surface area is 173 Å². The highest BCUT2D eigenvalue weighted by Crippen LogP contribution is 2.19. The van der Waals surface area contributed by atoms with Gasteiger partial charge in [0.05, 0.1) is 6.04 Å². The molecule has 0 unspecified atom stereocenters. The summed E-state index contributed by atoms with van der Waals surface area (Å²) >= 11 is 0. The largest absolute Gasteiger partial charge is 0.480 e. The molecule has 0 radical (unpaired) electrons. The fourth-order valence-electron chi connectivity index (χ4n) is 2.97. The molecule has 10 N–H and O–H groups in total. The van der Waals surface area contributed by atoms with E-state index in [1.54, 1.807) is 6.20 Å². The summed E-state index contributed by atoms with van der Waals surface area (Å²) in [4.78, 5) is 38.9. The van der Waals surface area contributed by atoms with Gasteiger partial charge in [0.15, 0.2) is 5.96 Å². The number of rotatable bonds is 11. The molecular weight excluding hydrogens is 390 g/mol. The summed E-state index contributed by atoms with van der Waals surface area (Å²) in [5.41, 5.74) is 12.8. The minimum atomic E-state index is -1.19. The van der Waals surface area contributed by atoms with Crippen molar-refractivity contribution in [3.8, 4) is 0 Å². The lowest BCUT2D eigenvalue weighted by Gasteiger charge is -2.20. The van der Waals surface area contributed by atoms with E-state index in [1.165, 1.54) is 0 Å². The quantitative estimate of drug-likeness (QED) is 0.130. The third-order valence-electron chi connectivity index (χ3n) is 4.49. The number of hydrogen-bond donors (Lipinski definition) is 8. The van der Waals surface area contributed by atoms with Crippen LogP contribution in [0, 0.1) is 5.41 Å². The molecule has 2 atom stereocenters. The van der Waals surface area contributed by atoms with Crippen molar-refractivity contribution in [2.75, 3.05) is 13.1 Å². The van der Waals surface area contributed by atoms with Crippen molar-refractivity contribution in [2.45, 2.75) is 31.3 Å². The first kappa shape index (κ1) is 22.7. The smallest absolute Gasteiger partial charge is 0.322 e. The van der Waals surface area contributed by atoms with Crippen LogP contribution in [0.3, 0.4) is 0 Å². The molecule has 1 aromatic carbocycles. The van der Waals surface area contributed by atoms with Gasteiger partial charge < -0.3 is 37.5 Å². The first-order chi connectivity index (χ1) is 14.3. The van der Waals surface area contributed by atoms with E-state index in [0.717, 1.165) is 16.5 Å². The summed E-state index contributed by atoms with van der Waals surface area (Å²) in [7, 11) is 0. The fourth-order valence-corrected chi connectivity index (χ4v) is 2.97. The number of carboxylic acids is 1. The summed E-state index contributed by atoms with van der Waals surface area (Å²) < 4.78 is 0. The number of aromatic nitrogens is 1. The molecular formula is C19H27N7O4. The molecule has 0 aliphatic heterocycles. The lowest BCUT2D eigenvalue weighted by Crippen LogP contribution is -2.53. The number of aliphatic carboxylic acids is 1. The molecule has 0 saturated carbocycles. The molecule has 30 heavy (non-hydrogen) atoms. The second-order valence-corrected chi connectivity index (χ2v) is 6.83. The second-order valence-electron chi connectivity index (χ2n) is 6.83. The van der Waals surface area contributed by atoms with Crippen LogP contribution in [-0.4, -0.2) is 59.0 Å². The minimum Gasteiger partial charge on any atom is -0.480 e. The number of amides is 2. The predicted octanol–water partition coefficient (Wildman–Crippen LogP) is -1.01. The zero-order valence-electron chi connectivity index (χ0n) is 16.4. The molecule has 0 spiro atoms. The van der Waals surface area contributed by atoms with E-state index in [-0.39, 0.29) is 12.4 Å². The third-order valence-corrected chi connectivity index (χ3v) is 4.49. The fraction of sp³-hybridized carbons (Fsp3) is 0.368. The van der Waals surface area contributed by atoms with E-state index in [1.807, 2.05) is 24.3 Å². The highest BCUT2D eigenvalue weighted by molar-refractivity contribution is 5.92. The van der Waals surface area contributed by atoms with E-state index < -0.39 is 36.4 Å². The van der Waals surface area contributed by atoms with Gasteiger partial charge in [-0.15, -0.1) is 0 Å². The maximum Gasteiger partial charge on any atom is 0.322 e. The first-order valence-corrected chi connectivity index (χ1v) is 9.46. The van der Waals surface area contributed by atoms with E-state index in [2.05, 4.69) is 20.9 Å². The molecule has 2 rings (SSSR count). The second kappa shape index (κ2) is 10.8.